The van der Waals surface area contributed by atoms with E-state index >= 15 is 0 Å². The van der Waals surface area contributed by atoms with Gasteiger partial charge in [0.15, 0.2) is 0 Å². The van der Waals surface area contributed by atoms with Crippen LogP contribution in [0.15, 0.2) is 36.4 Å². The first-order chi connectivity index (χ1) is 15.9. The van der Waals surface area contributed by atoms with Gasteiger partial charge in [-0.25, -0.2) is 0 Å². The molecule has 0 atom stereocenters. The van der Waals surface area contributed by atoms with Crippen LogP contribution in [-0.2, 0) is 36.5 Å². The largest absolute Gasteiger partial charge is 1.00 e. The Balaban J connectivity index is 0.00000612. The second-order valence-corrected chi connectivity index (χ2v) is 6.88. The number of nitro benzene ring substituents is 1. The van der Waals surface area contributed by atoms with Gasteiger partial charge in [-0.1, -0.05) is 11.6 Å². The number of nitro groups is 1. The number of carbonyl (C=O) groups excluding carboxylic acids is 3. The molecule has 0 N–H and O–H groups in total. The van der Waals surface area contributed by atoms with Crippen LogP contribution in [0.4, 0.5) is 18.9 Å². The average molecular weight is 528 g/mol. The zero-order valence-electron chi connectivity index (χ0n) is 17.9. The number of alkyl halides is 3. The van der Waals surface area contributed by atoms with Crippen molar-refractivity contribution >= 4 is 35.2 Å². The predicted octanol–water partition coefficient (Wildman–Crippen LogP) is -0.168. The van der Waals surface area contributed by atoms with Crippen molar-refractivity contribution in [3.05, 3.63) is 62.7 Å². The number of ether oxygens (including phenoxy) is 3. The van der Waals surface area contributed by atoms with Crippen LogP contribution < -0.4 is 39.4 Å². The standard InChI is InChI=1S/C20H15ClF3NO9.Na/c21-14-9-12(20(22,23)24)1-4-16(14)34-13-2-3-15(25(30)31)11(7-13)8-19(29)32-6-5-18(28)33-10-17(26)27;/h1-4,7,9H,5-6,8,10H2,(H,26,27);/q;+1/p-1. The number of benzene rings is 2. The Hall–Kier alpha value is -2.87. The molecule has 0 spiro atoms. The summed E-state index contributed by atoms with van der Waals surface area (Å²) in [5.74, 6) is -3.75. The molecule has 0 saturated heterocycles. The summed E-state index contributed by atoms with van der Waals surface area (Å²) < 4.78 is 52.8. The molecule has 10 nitrogen and oxygen atoms in total. The van der Waals surface area contributed by atoms with Crippen molar-refractivity contribution in [1.82, 2.24) is 0 Å². The van der Waals surface area contributed by atoms with Crippen LogP contribution in [0, 0.1) is 10.1 Å². The van der Waals surface area contributed by atoms with E-state index in [1.54, 1.807) is 0 Å². The van der Waals surface area contributed by atoms with Crippen molar-refractivity contribution in [2.75, 3.05) is 13.2 Å². The molecule has 15 heteroatoms. The number of aliphatic carboxylic acids is 1. The first-order valence-corrected chi connectivity index (χ1v) is 9.57. The van der Waals surface area contributed by atoms with E-state index in [4.69, 9.17) is 21.1 Å². The molecule has 0 aliphatic rings. The number of nitrogens with zero attached hydrogens (tertiary/aromatic N) is 1. The normalized spacial score (nSPS) is 10.6. The molecule has 0 aromatic heterocycles. The Morgan fingerprint density at radius 2 is 1.71 bits per heavy atom. The maximum atomic E-state index is 12.8. The minimum absolute atomic E-state index is 0. The van der Waals surface area contributed by atoms with Crippen LogP contribution in [0.1, 0.15) is 17.5 Å². The summed E-state index contributed by atoms with van der Waals surface area (Å²) in [6, 6.07) is 5.66. The molecule has 0 amide bonds. The number of carbonyl (C=O) groups is 3. The summed E-state index contributed by atoms with van der Waals surface area (Å²) in [4.78, 5) is 44.0. The van der Waals surface area contributed by atoms with Crippen LogP contribution >= 0.6 is 11.6 Å². The first-order valence-electron chi connectivity index (χ1n) is 9.20. The second kappa shape index (κ2) is 13.3. The zero-order chi connectivity index (χ0) is 25.5. The molecule has 0 fully saturated rings. The Morgan fingerprint density at radius 3 is 2.29 bits per heavy atom. The van der Waals surface area contributed by atoms with Gasteiger partial charge in [-0.2, -0.15) is 13.2 Å². The quantitative estimate of drug-likeness (QED) is 0.178. The van der Waals surface area contributed by atoms with Gasteiger partial charge < -0.3 is 24.1 Å². The molecule has 182 valence electrons. The predicted molar refractivity (Wildman–Crippen MR) is 105 cm³/mol. The average Bonchev–Trinajstić information content (AvgIpc) is 2.73. The van der Waals surface area contributed by atoms with Crippen molar-refractivity contribution in [3.63, 3.8) is 0 Å². The number of halogens is 4. The summed E-state index contributed by atoms with van der Waals surface area (Å²) in [5.41, 5.74) is -1.60. The van der Waals surface area contributed by atoms with Crippen molar-refractivity contribution in [2.45, 2.75) is 19.0 Å². The number of hydrogen-bond acceptors (Lipinski definition) is 9. The molecular weight excluding hydrogens is 514 g/mol. The number of carboxylic acids is 1. The molecule has 0 heterocycles. The van der Waals surface area contributed by atoms with Gasteiger partial charge in [-0.15, -0.1) is 0 Å². The Labute approximate surface area is 222 Å². The Morgan fingerprint density at radius 1 is 1.03 bits per heavy atom. The molecule has 2 aromatic rings. The van der Waals surface area contributed by atoms with Gasteiger partial charge in [0.2, 0.25) is 0 Å². The van der Waals surface area contributed by atoms with Gasteiger partial charge in [-0.3, -0.25) is 19.7 Å². The van der Waals surface area contributed by atoms with Crippen LogP contribution in [-0.4, -0.2) is 36.0 Å². The number of esters is 2. The fourth-order valence-corrected chi connectivity index (χ4v) is 2.72. The van der Waals surface area contributed by atoms with Gasteiger partial charge in [0.1, 0.15) is 24.7 Å². The third-order valence-corrected chi connectivity index (χ3v) is 4.29. The topological polar surface area (TPSA) is 145 Å². The van der Waals surface area contributed by atoms with Crippen molar-refractivity contribution in [3.8, 4) is 11.5 Å². The molecule has 0 bridgehead atoms. The molecule has 35 heavy (non-hydrogen) atoms. The van der Waals surface area contributed by atoms with Crippen molar-refractivity contribution in [1.29, 1.82) is 0 Å². The Kier molecular flexibility index (Phi) is 11.4. The van der Waals surface area contributed by atoms with E-state index in [0.717, 1.165) is 30.3 Å². The summed E-state index contributed by atoms with van der Waals surface area (Å²) in [5, 5.41) is 21.1. The summed E-state index contributed by atoms with van der Waals surface area (Å²) in [6.07, 6.45) is -5.69. The fraction of sp³-hybridized carbons (Fsp3) is 0.250. The SMILES string of the molecule is O=C([O-])COC(=O)CCOC(=O)Cc1cc(Oc2ccc(C(F)(F)F)cc2Cl)ccc1[N+](=O)[O-].[Na+]. The van der Waals surface area contributed by atoms with Gasteiger partial charge in [0.25, 0.3) is 5.69 Å². The summed E-state index contributed by atoms with van der Waals surface area (Å²) in [6.45, 7) is -1.44. The van der Waals surface area contributed by atoms with Crippen molar-refractivity contribution < 1.29 is 81.4 Å². The van der Waals surface area contributed by atoms with Crippen molar-refractivity contribution in [2.24, 2.45) is 0 Å². The molecule has 0 saturated carbocycles. The molecule has 0 radical (unpaired) electrons. The smallest absolute Gasteiger partial charge is 0.546 e. The maximum Gasteiger partial charge on any atom is 1.00 e. The summed E-state index contributed by atoms with van der Waals surface area (Å²) in [7, 11) is 0. The van der Waals surface area contributed by atoms with Crippen LogP contribution in [0.3, 0.4) is 0 Å². The first kappa shape index (κ1) is 30.2. The number of carboxylic acid groups (broad SMARTS) is 1. The molecule has 2 aromatic carbocycles. The Bertz CT molecular complexity index is 1110. The van der Waals surface area contributed by atoms with Gasteiger partial charge in [0.05, 0.1) is 34.3 Å². The molecule has 0 aliphatic heterocycles. The van der Waals surface area contributed by atoms with Crippen LogP contribution in [0.5, 0.6) is 11.5 Å². The molecular formula is C20H14ClF3NNaO9. The van der Waals surface area contributed by atoms with E-state index in [0.29, 0.717) is 6.07 Å². The van der Waals surface area contributed by atoms with E-state index in [1.807, 2.05) is 0 Å². The third-order valence-electron chi connectivity index (χ3n) is 3.99. The maximum absolute atomic E-state index is 12.8. The number of hydrogen-bond donors (Lipinski definition) is 0. The van der Waals surface area contributed by atoms with Crippen LogP contribution in [0.25, 0.3) is 0 Å². The molecule has 0 aliphatic carbocycles. The minimum Gasteiger partial charge on any atom is -0.546 e. The number of rotatable bonds is 10. The van der Waals surface area contributed by atoms with Gasteiger partial charge in [0, 0.05) is 11.6 Å². The summed E-state index contributed by atoms with van der Waals surface area (Å²) >= 11 is 5.83. The second-order valence-electron chi connectivity index (χ2n) is 6.47. The fourth-order valence-electron chi connectivity index (χ4n) is 2.50. The van der Waals surface area contributed by atoms with E-state index in [2.05, 4.69) is 4.74 Å². The van der Waals surface area contributed by atoms with E-state index < -0.39 is 66.3 Å². The van der Waals surface area contributed by atoms with Gasteiger partial charge in [-0.05, 0) is 30.3 Å². The molecule has 2 rings (SSSR count). The monoisotopic (exact) mass is 527 g/mol. The van der Waals surface area contributed by atoms with Crippen LogP contribution in [0.2, 0.25) is 5.02 Å². The van der Waals surface area contributed by atoms with Gasteiger partial charge >= 0.3 is 47.7 Å². The van der Waals surface area contributed by atoms with E-state index in [-0.39, 0.29) is 51.6 Å². The third kappa shape index (κ3) is 9.72. The minimum atomic E-state index is -4.62. The van der Waals surface area contributed by atoms with E-state index in [9.17, 15) is 42.8 Å². The van der Waals surface area contributed by atoms with E-state index in [1.165, 1.54) is 0 Å². The molecule has 0 unspecified atom stereocenters. The zero-order valence-corrected chi connectivity index (χ0v) is 20.7.